The molecule has 2 aromatic carbocycles. The minimum absolute atomic E-state index is 0.0390. The number of carbonyl (C=O) groups excluding carboxylic acids is 3. The summed E-state index contributed by atoms with van der Waals surface area (Å²) in [6.07, 6.45) is 3.75. The maximum absolute atomic E-state index is 13.2. The minimum atomic E-state index is -3.80. The molecule has 2 heterocycles. The number of amides is 4. The number of urea groups is 1. The van der Waals surface area contributed by atoms with Gasteiger partial charge in [0.1, 0.15) is 17.9 Å². The Balaban J connectivity index is 1.40. The summed E-state index contributed by atoms with van der Waals surface area (Å²) >= 11 is 0. The van der Waals surface area contributed by atoms with Gasteiger partial charge in [-0.05, 0) is 49.1 Å². The van der Waals surface area contributed by atoms with E-state index in [1.54, 1.807) is 31.2 Å². The van der Waals surface area contributed by atoms with Crippen molar-refractivity contribution in [1.29, 1.82) is 0 Å². The van der Waals surface area contributed by atoms with Gasteiger partial charge in [-0.2, -0.15) is 0 Å². The third-order valence-electron chi connectivity index (χ3n) is 6.35. The second-order valence-electron chi connectivity index (χ2n) is 8.76. The number of hydrogen-bond acceptors (Lipinski definition) is 6. The number of amidine groups is 1. The number of benzene rings is 2. The maximum Gasteiger partial charge on any atom is 0.325 e. The molecule has 0 aliphatic carbocycles. The fourth-order valence-corrected chi connectivity index (χ4v) is 5.45. The van der Waals surface area contributed by atoms with Crippen LogP contribution < -0.4 is 15.4 Å². The van der Waals surface area contributed by atoms with Crippen LogP contribution in [0.3, 0.4) is 0 Å². The van der Waals surface area contributed by atoms with Crippen molar-refractivity contribution in [3.8, 4) is 0 Å². The summed E-state index contributed by atoms with van der Waals surface area (Å²) in [4.78, 5) is 43.6. The van der Waals surface area contributed by atoms with E-state index < -0.39 is 40.0 Å². The van der Waals surface area contributed by atoms with Crippen molar-refractivity contribution >= 4 is 39.4 Å². The van der Waals surface area contributed by atoms with E-state index in [4.69, 9.17) is 0 Å². The highest BCUT2D eigenvalue weighted by Crippen LogP contribution is 2.32. The van der Waals surface area contributed by atoms with Gasteiger partial charge in [0, 0.05) is 18.7 Å². The van der Waals surface area contributed by atoms with Gasteiger partial charge in [0.2, 0.25) is 5.91 Å². The molecule has 3 N–H and O–H groups in total. The van der Waals surface area contributed by atoms with Gasteiger partial charge in [0.25, 0.3) is 15.9 Å². The van der Waals surface area contributed by atoms with E-state index in [0.29, 0.717) is 36.5 Å². The van der Waals surface area contributed by atoms with Crippen LogP contribution >= 0.6 is 0 Å². The lowest BCUT2D eigenvalue weighted by atomic mass is 9.87. The summed E-state index contributed by atoms with van der Waals surface area (Å²) in [6, 6.07) is 13.9. The highest BCUT2D eigenvalue weighted by atomic mass is 32.2. The summed E-state index contributed by atoms with van der Waals surface area (Å²) in [5, 5.41) is 5.35. The standard InChI is InChI=1S/C25H29N5O5S/c1-2-25(18-9-5-3-6-10-18)23(32)30(24(33)28-25)17-22(31)27-19-12-14-20(15-13-19)36(34,35)29-21-11-7-4-8-16-26-21/h3,5-6,9-10,12-15H,2,4,7-8,11,16-17H2,1H3,(H,26,29)(H,27,31)(H,28,33)/t25-/m1/s1. The first kappa shape index (κ1) is 25.4. The molecule has 4 rings (SSSR count). The normalized spacial score (nSPS) is 20.4. The monoisotopic (exact) mass is 511 g/mol. The molecule has 190 valence electrons. The highest BCUT2D eigenvalue weighted by Gasteiger charge is 2.51. The number of anilines is 1. The number of nitrogens with zero attached hydrogens (tertiary/aromatic N) is 2. The predicted octanol–water partition coefficient (Wildman–Crippen LogP) is 2.73. The topological polar surface area (TPSA) is 137 Å². The van der Waals surface area contributed by atoms with Crippen LogP contribution in [0.4, 0.5) is 10.5 Å². The van der Waals surface area contributed by atoms with E-state index in [1.165, 1.54) is 24.3 Å². The zero-order valence-electron chi connectivity index (χ0n) is 20.0. The SMILES string of the molecule is CC[C@]1(c2ccccc2)NC(=O)N(CC(=O)Nc2ccc(S(=O)(=O)NC3=NCCCCC3)cc2)C1=O. The Morgan fingerprint density at radius 3 is 2.47 bits per heavy atom. The summed E-state index contributed by atoms with van der Waals surface area (Å²) < 4.78 is 27.9. The lowest BCUT2D eigenvalue weighted by Gasteiger charge is -2.25. The maximum atomic E-state index is 13.2. The first-order chi connectivity index (χ1) is 17.2. The van der Waals surface area contributed by atoms with E-state index in [9.17, 15) is 22.8 Å². The molecule has 0 unspecified atom stereocenters. The molecule has 36 heavy (non-hydrogen) atoms. The van der Waals surface area contributed by atoms with E-state index in [2.05, 4.69) is 20.3 Å². The molecule has 0 saturated carbocycles. The third-order valence-corrected chi connectivity index (χ3v) is 7.75. The number of nitrogens with one attached hydrogen (secondary N) is 3. The van der Waals surface area contributed by atoms with Crippen molar-refractivity contribution in [2.24, 2.45) is 4.99 Å². The van der Waals surface area contributed by atoms with E-state index in [0.717, 1.165) is 24.2 Å². The van der Waals surface area contributed by atoms with Crippen LogP contribution in [0.15, 0.2) is 64.5 Å². The molecule has 1 atom stereocenters. The molecular weight excluding hydrogens is 482 g/mol. The summed E-state index contributed by atoms with van der Waals surface area (Å²) in [5.74, 6) is -0.623. The predicted molar refractivity (Wildman–Crippen MR) is 135 cm³/mol. The smallest absolute Gasteiger partial charge is 0.325 e. The van der Waals surface area contributed by atoms with Gasteiger partial charge >= 0.3 is 6.03 Å². The van der Waals surface area contributed by atoms with E-state index in [1.807, 2.05) is 6.07 Å². The van der Waals surface area contributed by atoms with E-state index >= 15 is 0 Å². The van der Waals surface area contributed by atoms with Crippen LogP contribution in [0.25, 0.3) is 0 Å². The molecule has 2 aliphatic heterocycles. The van der Waals surface area contributed by atoms with Crippen molar-refractivity contribution in [2.75, 3.05) is 18.4 Å². The quantitative estimate of drug-likeness (QED) is 0.491. The average molecular weight is 512 g/mol. The lowest BCUT2D eigenvalue weighted by molar-refractivity contribution is -0.134. The Labute approximate surface area is 210 Å². The summed E-state index contributed by atoms with van der Waals surface area (Å²) in [7, 11) is -3.80. The van der Waals surface area contributed by atoms with Crippen LogP contribution in [-0.4, -0.2) is 50.1 Å². The van der Waals surface area contributed by atoms with Gasteiger partial charge in [0.15, 0.2) is 0 Å². The van der Waals surface area contributed by atoms with Gasteiger partial charge in [-0.1, -0.05) is 43.7 Å². The molecule has 0 spiro atoms. The molecule has 2 aromatic rings. The number of sulfonamides is 1. The Morgan fingerprint density at radius 2 is 1.78 bits per heavy atom. The number of carbonyl (C=O) groups is 3. The lowest BCUT2D eigenvalue weighted by Crippen LogP contribution is -2.44. The van der Waals surface area contributed by atoms with Crippen LogP contribution in [0.1, 0.15) is 44.6 Å². The number of hydrogen-bond donors (Lipinski definition) is 3. The van der Waals surface area contributed by atoms with Crippen molar-refractivity contribution < 1.29 is 22.8 Å². The van der Waals surface area contributed by atoms with Crippen LogP contribution in [0, 0.1) is 0 Å². The molecule has 1 fully saturated rings. The molecule has 0 radical (unpaired) electrons. The number of imide groups is 1. The Hall–Kier alpha value is -3.73. The first-order valence-corrected chi connectivity index (χ1v) is 13.4. The van der Waals surface area contributed by atoms with Gasteiger partial charge < -0.3 is 10.6 Å². The Morgan fingerprint density at radius 1 is 1.06 bits per heavy atom. The summed E-state index contributed by atoms with van der Waals surface area (Å²) in [5.41, 5.74) is -0.236. The van der Waals surface area contributed by atoms with Gasteiger partial charge in [-0.15, -0.1) is 0 Å². The van der Waals surface area contributed by atoms with Crippen LogP contribution in [0.2, 0.25) is 0 Å². The molecule has 11 heteroatoms. The van der Waals surface area contributed by atoms with Gasteiger partial charge in [-0.3, -0.25) is 24.2 Å². The molecule has 10 nitrogen and oxygen atoms in total. The van der Waals surface area contributed by atoms with Crippen molar-refractivity contribution in [2.45, 2.75) is 49.5 Å². The Bertz CT molecular complexity index is 1280. The molecular formula is C25H29N5O5S. The van der Waals surface area contributed by atoms with Crippen molar-refractivity contribution in [3.05, 3.63) is 60.2 Å². The van der Waals surface area contributed by atoms with Crippen molar-refractivity contribution in [3.63, 3.8) is 0 Å². The third kappa shape index (κ3) is 5.25. The Kier molecular flexibility index (Phi) is 7.39. The van der Waals surface area contributed by atoms with Crippen molar-refractivity contribution in [1.82, 2.24) is 14.9 Å². The second-order valence-corrected chi connectivity index (χ2v) is 10.4. The molecule has 4 amide bonds. The molecule has 0 bridgehead atoms. The number of rotatable bonds is 7. The largest absolute Gasteiger partial charge is 0.325 e. The average Bonchev–Trinajstić information content (AvgIpc) is 3.02. The van der Waals surface area contributed by atoms with Gasteiger partial charge in [-0.25, -0.2) is 13.2 Å². The number of aliphatic imine (C=N–C) groups is 1. The van der Waals surface area contributed by atoms with Gasteiger partial charge in [0.05, 0.1) is 4.90 Å². The molecule has 0 aromatic heterocycles. The highest BCUT2D eigenvalue weighted by molar-refractivity contribution is 7.90. The summed E-state index contributed by atoms with van der Waals surface area (Å²) in [6.45, 7) is 1.92. The fraction of sp³-hybridized carbons (Fsp3) is 0.360. The zero-order valence-corrected chi connectivity index (χ0v) is 20.8. The second kappa shape index (κ2) is 10.5. The zero-order chi connectivity index (χ0) is 25.8. The van der Waals surface area contributed by atoms with Crippen LogP contribution in [-0.2, 0) is 25.2 Å². The first-order valence-electron chi connectivity index (χ1n) is 11.9. The minimum Gasteiger partial charge on any atom is -0.325 e. The van der Waals surface area contributed by atoms with E-state index in [-0.39, 0.29) is 4.90 Å². The fourth-order valence-electron chi connectivity index (χ4n) is 4.36. The molecule has 1 saturated heterocycles. The molecule has 2 aliphatic rings. The van der Waals surface area contributed by atoms with Crippen LogP contribution in [0.5, 0.6) is 0 Å².